The van der Waals surface area contributed by atoms with Gasteiger partial charge in [0.1, 0.15) is 12.4 Å². The molecule has 2 heterocycles. The summed E-state index contributed by atoms with van der Waals surface area (Å²) in [6, 6.07) is 20.5. The van der Waals surface area contributed by atoms with Crippen LogP contribution in [0.5, 0.6) is 5.75 Å². The minimum absolute atomic E-state index is 0.113. The van der Waals surface area contributed by atoms with E-state index < -0.39 is 12.1 Å². The van der Waals surface area contributed by atoms with Gasteiger partial charge in [-0.15, -0.1) is 21.5 Å². The van der Waals surface area contributed by atoms with Crippen molar-refractivity contribution in [2.75, 3.05) is 19.5 Å². The van der Waals surface area contributed by atoms with Crippen LogP contribution in [0.15, 0.2) is 77.3 Å². The van der Waals surface area contributed by atoms with E-state index in [1.54, 1.807) is 35.6 Å². The number of aliphatic hydroxyl groups excluding tert-OH is 1. The summed E-state index contributed by atoms with van der Waals surface area (Å²) in [5.41, 5.74) is 1.40. The van der Waals surface area contributed by atoms with Crippen LogP contribution in [0.25, 0.3) is 16.4 Å². The summed E-state index contributed by atoms with van der Waals surface area (Å²) >= 11 is 3.02. The second kappa shape index (κ2) is 10.4. The highest BCUT2D eigenvalue weighted by Gasteiger charge is 2.18. The van der Waals surface area contributed by atoms with Gasteiger partial charge < -0.3 is 14.6 Å². The Morgan fingerprint density at radius 3 is 2.56 bits per heavy atom. The molecular weight excluding hydrogens is 446 g/mol. The monoisotopic (exact) mass is 467 g/mol. The van der Waals surface area contributed by atoms with Crippen LogP contribution in [-0.2, 0) is 4.74 Å². The third kappa shape index (κ3) is 5.18. The Labute approximate surface area is 193 Å². The number of thiophene rings is 1. The number of methoxy groups -OCH3 is 1. The Bertz CT molecular complexity index is 1150. The number of para-hydroxylation sites is 1. The van der Waals surface area contributed by atoms with Crippen LogP contribution >= 0.6 is 23.1 Å². The summed E-state index contributed by atoms with van der Waals surface area (Å²) in [5.74, 6) is 1.31. The number of thioether (sulfide) groups is 1. The molecule has 1 unspecified atom stereocenters. The van der Waals surface area contributed by atoms with E-state index in [9.17, 15) is 9.90 Å². The lowest BCUT2D eigenvalue weighted by Crippen LogP contribution is -2.20. The van der Waals surface area contributed by atoms with Crippen molar-refractivity contribution in [3.8, 4) is 22.1 Å². The largest absolute Gasteiger partial charge is 0.491 e. The number of hydrogen-bond acceptors (Lipinski definition) is 8. The molecule has 0 aliphatic rings. The average molecular weight is 468 g/mol. The molecule has 0 aliphatic heterocycles. The number of nitrogens with zero attached hydrogens (tertiary/aromatic N) is 3. The number of hydrogen-bond donors (Lipinski definition) is 1. The number of aromatic nitrogens is 3. The lowest BCUT2D eigenvalue weighted by Gasteiger charge is -2.13. The maximum absolute atomic E-state index is 11.5. The summed E-state index contributed by atoms with van der Waals surface area (Å²) in [4.78, 5) is 12.5. The van der Waals surface area contributed by atoms with Crippen LogP contribution < -0.4 is 4.74 Å². The summed E-state index contributed by atoms with van der Waals surface area (Å²) in [5, 5.41) is 21.9. The predicted molar refractivity (Wildman–Crippen MR) is 125 cm³/mol. The molecule has 4 aromatic rings. The molecule has 0 saturated carbocycles. The number of aliphatic hydroxyl groups is 1. The fourth-order valence-corrected chi connectivity index (χ4v) is 4.51. The Balaban J connectivity index is 1.41. The number of carbonyl (C=O) groups is 1. The van der Waals surface area contributed by atoms with Crippen LogP contribution in [0.2, 0.25) is 0 Å². The van der Waals surface area contributed by atoms with E-state index in [1.165, 1.54) is 18.9 Å². The van der Waals surface area contributed by atoms with Gasteiger partial charge in [0.05, 0.1) is 23.7 Å². The van der Waals surface area contributed by atoms with Gasteiger partial charge in [0.15, 0.2) is 11.0 Å². The van der Waals surface area contributed by atoms with Crippen molar-refractivity contribution < 1.29 is 19.4 Å². The highest BCUT2D eigenvalue weighted by Crippen LogP contribution is 2.30. The van der Waals surface area contributed by atoms with Crippen molar-refractivity contribution >= 4 is 29.1 Å². The van der Waals surface area contributed by atoms with Crippen molar-refractivity contribution in [1.82, 2.24) is 14.8 Å². The van der Waals surface area contributed by atoms with E-state index in [2.05, 4.69) is 14.9 Å². The summed E-state index contributed by atoms with van der Waals surface area (Å²) in [6.07, 6.45) is -0.716. The number of benzene rings is 2. The molecule has 0 amide bonds. The summed E-state index contributed by atoms with van der Waals surface area (Å²) < 4.78 is 12.3. The van der Waals surface area contributed by atoms with Crippen LogP contribution in [0, 0.1) is 0 Å². The van der Waals surface area contributed by atoms with E-state index in [0.717, 1.165) is 16.4 Å². The molecule has 9 heteroatoms. The first-order chi connectivity index (χ1) is 15.7. The van der Waals surface area contributed by atoms with E-state index >= 15 is 0 Å². The lowest BCUT2D eigenvalue weighted by molar-refractivity contribution is 0.0600. The van der Waals surface area contributed by atoms with Gasteiger partial charge in [0.25, 0.3) is 0 Å². The van der Waals surface area contributed by atoms with Gasteiger partial charge in [-0.2, -0.15) is 0 Å². The molecule has 1 N–H and O–H groups in total. The summed E-state index contributed by atoms with van der Waals surface area (Å²) in [6.45, 7) is 0.113. The lowest BCUT2D eigenvalue weighted by atomic mass is 10.2. The third-order valence-corrected chi connectivity index (χ3v) is 6.45. The van der Waals surface area contributed by atoms with Crippen molar-refractivity contribution in [2.24, 2.45) is 0 Å². The van der Waals surface area contributed by atoms with Crippen LogP contribution in [0.1, 0.15) is 10.4 Å². The topological polar surface area (TPSA) is 86.5 Å². The molecule has 4 rings (SSSR count). The normalized spacial score (nSPS) is 11.8. The zero-order valence-corrected chi connectivity index (χ0v) is 18.9. The van der Waals surface area contributed by atoms with Gasteiger partial charge >= 0.3 is 5.97 Å². The van der Waals surface area contributed by atoms with Gasteiger partial charge in [-0.05, 0) is 47.8 Å². The number of esters is 1. The zero-order valence-electron chi connectivity index (χ0n) is 17.2. The second-order valence-electron chi connectivity index (χ2n) is 6.75. The van der Waals surface area contributed by atoms with Crippen molar-refractivity contribution in [3.05, 3.63) is 77.7 Å². The quantitative estimate of drug-likeness (QED) is 0.290. The molecule has 2 aromatic heterocycles. The molecule has 32 heavy (non-hydrogen) atoms. The van der Waals surface area contributed by atoms with Crippen LogP contribution in [0.3, 0.4) is 0 Å². The highest BCUT2D eigenvalue weighted by molar-refractivity contribution is 7.99. The first-order valence-electron chi connectivity index (χ1n) is 9.82. The molecule has 1 atom stereocenters. The van der Waals surface area contributed by atoms with Crippen molar-refractivity contribution in [3.63, 3.8) is 0 Å². The number of rotatable bonds is 9. The van der Waals surface area contributed by atoms with Gasteiger partial charge in [0, 0.05) is 11.4 Å². The fourth-order valence-electron chi connectivity index (χ4n) is 2.95. The predicted octanol–water partition coefficient (Wildman–Crippen LogP) is 4.31. The maximum Gasteiger partial charge on any atom is 0.337 e. The Morgan fingerprint density at radius 2 is 1.88 bits per heavy atom. The maximum atomic E-state index is 11.5. The van der Waals surface area contributed by atoms with E-state index in [-0.39, 0.29) is 6.61 Å². The molecule has 7 nitrogen and oxygen atoms in total. The molecule has 2 aromatic carbocycles. The fraction of sp³-hybridized carbons (Fsp3) is 0.174. The van der Waals surface area contributed by atoms with E-state index in [1.807, 2.05) is 52.4 Å². The van der Waals surface area contributed by atoms with Crippen LogP contribution in [0.4, 0.5) is 0 Å². The first-order valence-corrected chi connectivity index (χ1v) is 11.7. The molecule has 0 saturated heterocycles. The Morgan fingerprint density at radius 1 is 1.09 bits per heavy atom. The molecule has 0 fully saturated rings. The van der Waals surface area contributed by atoms with E-state index in [4.69, 9.17) is 4.74 Å². The zero-order chi connectivity index (χ0) is 22.3. The van der Waals surface area contributed by atoms with Gasteiger partial charge in [-0.1, -0.05) is 36.0 Å². The highest BCUT2D eigenvalue weighted by atomic mass is 32.2. The Kier molecular flexibility index (Phi) is 7.21. The second-order valence-corrected chi connectivity index (χ2v) is 8.68. The standard InChI is InChI=1S/C23H21N3O4S2/c1-29-22(28)16-9-11-19(12-10-16)30-14-18(27)15-32-23-25-24-21(20-8-5-13-31-20)26(23)17-6-3-2-4-7-17/h2-13,18,27H,14-15H2,1H3. The van der Waals surface area contributed by atoms with Crippen molar-refractivity contribution in [2.45, 2.75) is 11.3 Å². The number of ether oxygens (including phenoxy) is 2. The van der Waals surface area contributed by atoms with Gasteiger partial charge in [0.2, 0.25) is 0 Å². The Hall–Kier alpha value is -3.14. The SMILES string of the molecule is COC(=O)c1ccc(OCC(O)CSc2nnc(-c3cccs3)n2-c2ccccc2)cc1. The molecule has 0 bridgehead atoms. The molecule has 0 radical (unpaired) electrons. The first kappa shape index (κ1) is 22.1. The molecule has 0 aliphatic carbocycles. The van der Waals surface area contributed by atoms with Gasteiger partial charge in [-0.25, -0.2) is 4.79 Å². The average Bonchev–Trinajstić information content (AvgIpc) is 3.51. The molecule has 0 spiro atoms. The third-order valence-electron chi connectivity index (χ3n) is 4.51. The molecular formula is C23H21N3O4S2. The van der Waals surface area contributed by atoms with Gasteiger partial charge in [-0.3, -0.25) is 4.57 Å². The van der Waals surface area contributed by atoms with E-state index in [0.29, 0.717) is 22.2 Å². The van der Waals surface area contributed by atoms with Crippen molar-refractivity contribution in [1.29, 1.82) is 0 Å². The minimum atomic E-state index is -0.716. The minimum Gasteiger partial charge on any atom is -0.491 e. The number of carbonyl (C=O) groups excluding carboxylic acids is 1. The summed E-state index contributed by atoms with van der Waals surface area (Å²) in [7, 11) is 1.34. The smallest absolute Gasteiger partial charge is 0.337 e. The molecule has 164 valence electrons. The van der Waals surface area contributed by atoms with Crippen LogP contribution in [-0.4, -0.2) is 51.4 Å².